The average molecular weight is 324 g/mol. The van der Waals surface area contributed by atoms with E-state index in [9.17, 15) is 5.11 Å². The van der Waals surface area contributed by atoms with Crippen LogP contribution in [0.2, 0.25) is 0 Å². The molecule has 0 saturated carbocycles. The smallest absolute Gasteiger partial charge is 0.169 e. The number of nitrogens with one attached hydrogen (secondary N) is 1. The topological polar surface area (TPSA) is 45.4 Å². The standard InChI is InChI=1S/C15H18BrNO2/c1-11(17-10-14-8-9-15(16)19-14)2-3-12-4-6-13(18)7-5-12/h4-9,11,17-18H,2-3,10H2,1H3. The molecule has 0 aliphatic carbocycles. The maximum absolute atomic E-state index is 9.22. The third kappa shape index (κ3) is 4.73. The fourth-order valence-electron chi connectivity index (χ4n) is 1.87. The van der Waals surface area contributed by atoms with Gasteiger partial charge in [0.25, 0.3) is 0 Å². The van der Waals surface area contributed by atoms with Crippen LogP contribution in [0.15, 0.2) is 45.5 Å². The van der Waals surface area contributed by atoms with Crippen LogP contribution in [0.1, 0.15) is 24.7 Å². The molecule has 4 heteroatoms. The zero-order valence-electron chi connectivity index (χ0n) is 10.9. The Morgan fingerprint density at radius 1 is 1.21 bits per heavy atom. The van der Waals surface area contributed by atoms with E-state index in [-0.39, 0.29) is 0 Å². The number of benzene rings is 1. The highest BCUT2D eigenvalue weighted by molar-refractivity contribution is 9.10. The SMILES string of the molecule is CC(CCc1ccc(O)cc1)NCc1ccc(Br)o1. The van der Waals surface area contributed by atoms with E-state index in [2.05, 4.69) is 28.2 Å². The summed E-state index contributed by atoms with van der Waals surface area (Å²) in [6.07, 6.45) is 2.04. The van der Waals surface area contributed by atoms with Gasteiger partial charge in [0, 0.05) is 6.04 Å². The van der Waals surface area contributed by atoms with E-state index in [4.69, 9.17) is 4.42 Å². The Morgan fingerprint density at radius 2 is 1.95 bits per heavy atom. The van der Waals surface area contributed by atoms with Gasteiger partial charge in [-0.25, -0.2) is 0 Å². The van der Waals surface area contributed by atoms with Gasteiger partial charge in [0.05, 0.1) is 6.54 Å². The first-order valence-electron chi connectivity index (χ1n) is 6.39. The molecule has 0 radical (unpaired) electrons. The fraction of sp³-hybridized carbons (Fsp3) is 0.333. The number of hydrogen-bond donors (Lipinski definition) is 2. The molecule has 1 atom stereocenters. The van der Waals surface area contributed by atoms with Crippen molar-refractivity contribution in [3.05, 3.63) is 52.4 Å². The third-order valence-electron chi connectivity index (χ3n) is 3.06. The molecule has 2 rings (SSSR count). The predicted molar refractivity (Wildman–Crippen MR) is 79.1 cm³/mol. The Hall–Kier alpha value is -1.26. The van der Waals surface area contributed by atoms with Gasteiger partial charge in [-0.15, -0.1) is 0 Å². The van der Waals surface area contributed by atoms with Gasteiger partial charge in [0.1, 0.15) is 11.5 Å². The Balaban J connectivity index is 1.72. The number of phenolic OH excluding ortho intramolecular Hbond substituents is 1. The molecule has 1 unspecified atom stereocenters. The van der Waals surface area contributed by atoms with E-state index < -0.39 is 0 Å². The van der Waals surface area contributed by atoms with Crippen LogP contribution >= 0.6 is 15.9 Å². The number of halogens is 1. The van der Waals surface area contributed by atoms with Crippen LogP contribution in [0.25, 0.3) is 0 Å². The van der Waals surface area contributed by atoms with Crippen LogP contribution in [0.3, 0.4) is 0 Å². The lowest BCUT2D eigenvalue weighted by Crippen LogP contribution is -2.25. The van der Waals surface area contributed by atoms with Crippen molar-refractivity contribution in [2.75, 3.05) is 0 Å². The lowest BCUT2D eigenvalue weighted by molar-refractivity contribution is 0.433. The van der Waals surface area contributed by atoms with Gasteiger partial charge in [0.15, 0.2) is 4.67 Å². The van der Waals surface area contributed by atoms with E-state index in [0.717, 1.165) is 29.8 Å². The lowest BCUT2D eigenvalue weighted by atomic mass is 10.1. The number of aromatic hydroxyl groups is 1. The first-order valence-corrected chi connectivity index (χ1v) is 7.18. The molecule has 0 saturated heterocycles. The van der Waals surface area contributed by atoms with E-state index in [1.54, 1.807) is 12.1 Å². The summed E-state index contributed by atoms with van der Waals surface area (Å²) < 4.78 is 6.20. The van der Waals surface area contributed by atoms with Crippen molar-refractivity contribution in [1.29, 1.82) is 0 Å². The minimum atomic E-state index is 0.318. The molecule has 1 aromatic heterocycles. The van der Waals surface area contributed by atoms with Gasteiger partial charge < -0.3 is 14.8 Å². The molecule has 0 spiro atoms. The molecule has 0 amide bonds. The van der Waals surface area contributed by atoms with Crippen LogP contribution in [0.4, 0.5) is 0 Å². The number of rotatable bonds is 6. The fourth-order valence-corrected chi connectivity index (χ4v) is 2.21. The quantitative estimate of drug-likeness (QED) is 0.848. The Bertz CT molecular complexity index is 507. The highest BCUT2D eigenvalue weighted by Gasteiger charge is 2.05. The number of furan rings is 1. The van der Waals surface area contributed by atoms with Crippen LogP contribution in [-0.2, 0) is 13.0 Å². The maximum atomic E-state index is 9.22. The highest BCUT2D eigenvalue weighted by atomic mass is 79.9. The Labute approximate surface area is 121 Å². The number of hydrogen-bond acceptors (Lipinski definition) is 3. The maximum Gasteiger partial charge on any atom is 0.169 e. The summed E-state index contributed by atoms with van der Waals surface area (Å²) in [7, 11) is 0. The molecular weight excluding hydrogens is 306 g/mol. The minimum Gasteiger partial charge on any atom is -0.508 e. The molecule has 2 N–H and O–H groups in total. The van der Waals surface area contributed by atoms with E-state index in [1.807, 2.05) is 24.3 Å². The summed E-state index contributed by atoms with van der Waals surface area (Å²) in [6, 6.07) is 11.7. The molecule has 102 valence electrons. The molecule has 1 heterocycles. The van der Waals surface area contributed by atoms with Crippen LogP contribution in [-0.4, -0.2) is 11.1 Å². The highest BCUT2D eigenvalue weighted by Crippen LogP contribution is 2.14. The minimum absolute atomic E-state index is 0.318. The third-order valence-corrected chi connectivity index (χ3v) is 3.48. The summed E-state index contributed by atoms with van der Waals surface area (Å²) >= 11 is 3.29. The van der Waals surface area contributed by atoms with Crippen molar-refractivity contribution < 1.29 is 9.52 Å². The predicted octanol–water partition coefficient (Wildman–Crippen LogP) is 3.86. The van der Waals surface area contributed by atoms with Gasteiger partial charge in [-0.05, 0) is 65.5 Å². The first-order chi connectivity index (χ1) is 9.13. The molecule has 0 aliphatic rings. The summed E-state index contributed by atoms with van der Waals surface area (Å²) in [5.41, 5.74) is 1.24. The van der Waals surface area contributed by atoms with Crippen molar-refractivity contribution in [1.82, 2.24) is 5.32 Å². The lowest BCUT2D eigenvalue weighted by Gasteiger charge is -2.12. The molecule has 0 aliphatic heterocycles. The molecule has 2 aromatic rings. The zero-order valence-corrected chi connectivity index (χ0v) is 12.5. The molecule has 0 fully saturated rings. The Morgan fingerprint density at radius 3 is 2.58 bits per heavy atom. The second-order valence-electron chi connectivity index (χ2n) is 4.69. The molecular formula is C15H18BrNO2. The van der Waals surface area contributed by atoms with Gasteiger partial charge in [0.2, 0.25) is 0 Å². The zero-order chi connectivity index (χ0) is 13.7. The summed E-state index contributed by atoms with van der Waals surface area (Å²) in [6.45, 7) is 2.90. The molecule has 19 heavy (non-hydrogen) atoms. The van der Waals surface area contributed by atoms with Crippen molar-refractivity contribution in [3.63, 3.8) is 0 Å². The largest absolute Gasteiger partial charge is 0.508 e. The summed E-state index contributed by atoms with van der Waals surface area (Å²) in [4.78, 5) is 0. The monoisotopic (exact) mass is 323 g/mol. The Kier molecular flexibility index (Phi) is 5.05. The molecule has 0 bridgehead atoms. The number of aryl methyl sites for hydroxylation is 1. The van der Waals surface area contributed by atoms with Crippen LogP contribution in [0, 0.1) is 0 Å². The van der Waals surface area contributed by atoms with Crippen molar-refractivity contribution in [3.8, 4) is 5.75 Å². The summed E-state index contributed by atoms with van der Waals surface area (Å²) in [5, 5.41) is 12.6. The van der Waals surface area contributed by atoms with E-state index >= 15 is 0 Å². The van der Waals surface area contributed by atoms with Crippen molar-refractivity contribution >= 4 is 15.9 Å². The van der Waals surface area contributed by atoms with Gasteiger partial charge >= 0.3 is 0 Å². The van der Waals surface area contributed by atoms with E-state index in [0.29, 0.717) is 11.8 Å². The van der Waals surface area contributed by atoms with Gasteiger partial charge in [-0.2, -0.15) is 0 Å². The normalized spacial score (nSPS) is 12.5. The average Bonchev–Trinajstić information content (AvgIpc) is 2.81. The second-order valence-corrected chi connectivity index (χ2v) is 5.47. The summed E-state index contributed by atoms with van der Waals surface area (Å²) in [5.74, 6) is 1.25. The van der Waals surface area contributed by atoms with Crippen molar-refractivity contribution in [2.45, 2.75) is 32.4 Å². The van der Waals surface area contributed by atoms with Gasteiger partial charge in [-0.3, -0.25) is 0 Å². The van der Waals surface area contributed by atoms with Crippen LogP contribution in [0.5, 0.6) is 5.75 Å². The second kappa shape index (κ2) is 6.78. The molecule has 3 nitrogen and oxygen atoms in total. The van der Waals surface area contributed by atoms with E-state index in [1.165, 1.54) is 5.56 Å². The first kappa shape index (κ1) is 14.2. The van der Waals surface area contributed by atoms with Crippen LogP contribution < -0.4 is 5.32 Å². The van der Waals surface area contributed by atoms with Crippen molar-refractivity contribution in [2.24, 2.45) is 0 Å². The molecule has 1 aromatic carbocycles. The number of phenols is 1. The van der Waals surface area contributed by atoms with Gasteiger partial charge in [-0.1, -0.05) is 12.1 Å².